The fourth-order valence-electron chi connectivity index (χ4n) is 2.37. The number of rotatable bonds is 5. The first-order chi connectivity index (χ1) is 11.5. The van der Waals surface area contributed by atoms with Crippen LogP contribution in [0.15, 0.2) is 42.5 Å². The van der Waals surface area contributed by atoms with E-state index in [1.807, 2.05) is 30.3 Å². The van der Waals surface area contributed by atoms with E-state index in [4.69, 9.17) is 33.0 Å². The van der Waals surface area contributed by atoms with Gasteiger partial charge in [0.15, 0.2) is 0 Å². The lowest BCUT2D eigenvalue weighted by molar-refractivity contribution is -0.138. The monoisotopic (exact) mass is 383 g/mol. The van der Waals surface area contributed by atoms with E-state index in [0.717, 1.165) is 11.1 Å². The summed E-state index contributed by atoms with van der Waals surface area (Å²) in [5.41, 5.74) is 1.84. The van der Waals surface area contributed by atoms with Crippen molar-refractivity contribution in [3.63, 3.8) is 0 Å². The molecule has 2 atom stereocenters. The van der Waals surface area contributed by atoms with Crippen molar-refractivity contribution in [3.8, 4) is 5.75 Å². The Balaban J connectivity index is 1.66. The van der Waals surface area contributed by atoms with Gasteiger partial charge < -0.3 is 9.84 Å². The van der Waals surface area contributed by atoms with Crippen LogP contribution in [0.2, 0.25) is 10.0 Å². The van der Waals surface area contributed by atoms with Gasteiger partial charge in [-0.15, -0.1) is 11.8 Å². The van der Waals surface area contributed by atoms with Crippen LogP contribution in [0.4, 0.5) is 0 Å². The van der Waals surface area contributed by atoms with Crippen LogP contribution >= 0.6 is 35.0 Å². The molecular formula is C17H15Cl2NO3S. The van der Waals surface area contributed by atoms with Crippen molar-refractivity contribution < 1.29 is 14.6 Å². The third-order valence-electron chi connectivity index (χ3n) is 3.65. The molecule has 2 aromatic rings. The largest absolute Gasteiger partial charge is 0.489 e. The first-order valence-electron chi connectivity index (χ1n) is 7.30. The fourth-order valence-corrected chi connectivity index (χ4v) is 4.06. The van der Waals surface area contributed by atoms with Crippen molar-refractivity contribution in [2.45, 2.75) is 18.0 Å². The molecule has 1 fully saturated rings. The molecule has 0 unspecified atom stereocenters. The molecule has 1 aliphatic rings. The molecule has 0 aromatic heterocycles. The molecule has 126 valence electrons. The van der Waals surface area contributed by atoms with E-state index < -0.39 is 12.0 Å². The Hall–Kier alpha value is -1.40. The van der Waals surface area contributed by atoms with Crippen molar-refractivity contribution >= 4 is 40.9 Å². The molecular weight excluding hydrogens is 369 g/mol. The lowest BCUT2D eigenvalue weighted by Crippen LogP contribution is -2.33. The quantitative estimate of drug-likeness (QED) is 0.802. The van der Waals surface area contributed by atoms with Crippen LogP contribution in [-0.2, 0) is 11.4 Å². The van der Waals surface area contributed by atoms with Crippen LogP contribution in [0.25, 0.3) is 0 Å². The molecule has 1 saturated heterocycles. The Morgan fingerprint density at radius 1 is 1.29 bits per heavy atom. The molecule has 0 amide bonds. The summed E-state index contributed by atoms with van der Waals surface area (Å²) in [6.07, 6.45) is 0. The molecule has 0 bridgehead atoms. The van der Waals surface area contributed by atoms with Crippen LogP contribution in [-0.4, -0.2) is 22.9 Å². The van der Waals surface area contributed by atoms with Gasteiger partial charge in [-0.2, -0.15) is 0 Å². The first-order valence-corrected chi connectivity index (χ1v) is 9.10. The zero-order chi connectivity index (χ0) is 17.1. The average Bonchev–Trinajstić information content (AvgIpc) is 3.05. The molecule has 7 heteroatoms. The predicted octanol–water partition coefficient (Wildman–Crippen LogP) is 4.36. The summed E-state index contributed by atoms with van der Waals surface area (Å²) in [6.45, 7) is 0.336. The van der Waals surface area contributed by atoms with Crippen molar-refractivity contribution in [1.82, 2.24) is 5.32 Å². The van der Waals surface area contributed by atoms with E-state index in [1.54, 1.807) is 23.9 Å². The number of carbonyl (C=O) groups is 1. The summed E-state index contributed by atoms with van der Waals surface area (Å²) in [5, 5.41) is 13.3. The maximum Gasteiger partial charge on any atom is 0.321 e. The van der Waals surface area contributed by atoms with Gasteiger partial charge in [0.1, 0.15) is 18.4 Å². The van der Waals surface area contributed by atoms with Gasteiger partial charge in [0.2, 0.25) is 0 Å². The summed E-state index contributed by atoms with van der Waals surface area (Å²) < 4.78 is 5.81. The lowest BCUT2D eigenvalue weighted by Gasteiger charge is -2.13. The Kier molecular flexibility index (Phi) is 5.56. The number of carboxylic acid groups (broad SMARTS) is 1. The van der Waals surface area contributed by atoms with Crippen LogP contribution in [0, 0.1) is 0 Å². The highest BCUT2D eigenvalue weighted by Gasteiger charge is 2.30. The second-order valence-electron chi connectivity index (χ2n) is 5.37. The van der Waals surface area contributed by atoms with Crippen LogP contribution in [0.3, 0.4) is 0 Å². The summed E-state index contributed by atoms with van der Waals surface area (Å²) in [6, 6.07) is 12.4. The van der Waals surface area contributed by atoms with Gasteiger partial charge in [0, 0.05) is 21.4 Å². The number of thioether (sulfide) groups is 1. The van der Waals surface area contributed by atoms with E-state index in [9.17, 15) is 4.79 Å². The molecule has 2 aromatic carbocycles. The number of ether oxygens (including phenoxy) is 1. The standard InChI is InChI=1S/C17H15Cl2NO3S/c18-12-5-4-11(14(19)7-12)8-23-13-3-1-2-10(6-13)16-20-15(9-24-16)17(21)22/h1-7,15-16,20H,8-9H2,(H,21,22)/t15-,16+/m0/s1. The smallest absolute Gasteiger partial charge is 0.321 e. The molecule has 0 saturated carbocycles. The van der Waals surface area contributed by atoms with Gasteiger partial charge in [0.25, 0.3) is 0 Å². The SMILES string of the molecule is O=C(O)[C@@H]1CS[C@H](c2cccc(OCc3ccc(Cl)cc3Cl)c2)N1. The van der Waals surface area contributed by atoms with Crippen molar-refractivity contribution in [3.05, 3.63) is 63.6 Å². The zero-order valence-electron chi connectivity index (χ0n) is 12.5. The molecule has 0 aliphatic carbocycles. The second kappa shape index (κ2) is 7.66. The van der Waals surface area contributed by atoms with Gasteiger partial charge in [-0.05, 0) is 29.8 Å². The number of hydrogen-bond donors (Lipinski definition) is 2. The van der Waals surface area contributed by atoms with E-state index in [1.165, 1.54) is 0 Å². The van der Waals surface area contributed by atoms with Crippen LogP contribution < -0.4 is 10.1 Å². The van der Waals surface area contributed by atoms with E-state index in [0.29, 0.717) is 28.2 Å². The highest BCUT2D eigenvalue weighted by atomic mass is 35.5. The third kappa shape index (κ3) is 4.16. The maximum absolute atomic E-state index is 11.0. The Morgan fingerprint density at radius 3 is 2.83 bits per heavy atom. The van der Waals surface area contributed by atoms with Gasteiger partial charge >= 0.3 is 5.97 Å². The summed E-state index contributed by atoms with van der Waals surface area (Å²) in [7, 11) is 0. The first kappa shape index (κ1) is 17.4. The normalized spacial score (nSPS) is 20.1. The van der Waals surface area contributed by atoms with Gasteiger partial charge in [-0.1, -0.05) is 41.4 Å². The maximum atomic E-state index is 11.0. The molecule has 1 aliphatic heterocycles. The topological polar surface area (TPSA) is 58.6 Å². The molecule has 0 spiro atoms. The second-order valence-corrected chi connectivity index (χ2v) is 7.35. The predicted molar refractivity (Wildman–Crippen MR) is 97.0 cm³/mol. The minimum Gasteiger partial charge on any atom is -0.489 e. The van der Waals surface area contributed by atoms with Gasteiger partial charge in [-0.3, -0.25) is 10.1 Å². The molecule has 3 rings (SSSR count). The molecule has 1 heterocycles. The van der Waals surface area contributed by atoms with Gasteiger partial charge in [-0.25, -0.2) is 0 Å². The lowest BCUT2D eigenvalue weighted by atomic mass is 10.2. The number of halogens is 2. The average molecular weight is 384 g/mol. The molecule has 0 radical (unpaired) electrons. The number of hydrogen-bond acceptors (Lipinski definition) is 4. The van der Waals surface area contributed by atoms with Crippen molar-refractivity contribution in [2.24, 2.45) is 0 Å². The summed E-state index contributed by atoms with van der Waals surface area (Å²) in [4.78, 5) is 11.0. The number of aliphatic carboxylic acids is 1. The van der Waals surface area contributed by atoms with Crippen molar-refractivity contribution in [1.29, 1.82) is 0 Å². The molecule has 4 nitrogen and oxygen atoms in total. The van der Waals surface area contributed by atoms with E-state index in [2.05, 4.69) is 5.32 Å². The minimum atomic E-state index is -0.824. The summed E-state index contributed by atoms with van der Waals surface area (Å²) in [5.74, 6) is 0.431. The zero-order valence-corrected chi connectivity index (χ0v) is 14.9. The van der Waals surface area contributed by atoms with Crippen LogP contribution in [0.5, 0.6) is 5.75 Å². The van der Waals surface area contributed by atoms with Gasteiger partial charge in [0.05, 0.1) is 5.37 Å². The Bertz CT molecular complexity index is 756. The third-order valence-corrected chi connectivity index (χ3v) is 5.50. The number of carboxylic acids is 1. The fraction of sp³-hybridized carbons (Fsp3) is 0.235. The Labute approximate surface area is 154 Å². The minimum absolute atomic E-state index is 0.0474. The molecule has 2 N–H and O–H groups in total. The van der Waals surface area contributed by atoms with Crippen molar-refractivity contribution in [2.75, 3.05) is 5.75 Å². The van der Waals surface area contributed by atoms with E-state index in [-0.39, 0.29) is 5.37 Å². The summed E-state index contributed by atoms with van der Waals surface area (Å²) >= 11 is 13.6. The number of nitrogens with one attached hydrogen (secondary N) is 1. The number of benzene rings is 2. The highest BCUT2D eigenvalue weighted by molar-refractivity contribution is 7.99. The van der Waals surface area contributed by atoms with Crippen LogP contribution in [0.1, 0.15) is 16.5 Å². The Morgan fingerprint density at radius 2 is 2.12 bits per heavy atom. The highest BCUT2D eigenvalue weighted by Crippen LogP contribution is 2.34. The van der Waals surface area contributed by atoms with E-state index >= 15 is 0 Å². The molecule has 24 heavy (non-hydrogen) atoms.